The van der Waals surface area contributed by atoms with Crippen molar-refractivity contribution in [3.05, 3.63) is 60.8 Å². The van der Waals surface area contributed by atoms with Crippen LogP contribution in [0.25, 0.3) is 16.9 Å². The second-order valence-electron chi connectivity index (χ2n) is 6.24. The zero-order valence-corrected chi connectivity index (χ0v) is 15.3. The third kappa shape index (κ3) is 3.52. The minimum Gasteiger partial charge on any atom is -0.383 e. The second-order valence-corrected chi connectivity index (χ2v) is 6.24. The summed E-state index contributed by atoms with van der Waals surface area (Å²) < 4.78 is 8.94. The predicted molar refractivity (Wildman–Crippen MR) is 102 cm³/mol. The van der Waals surface area contributed by atoms with E-state index in [-0.39, 0.29) is 6.04 Å². The maximum atomic E-state index is 5.16. The molecule has 0 aliphatic carbocycles. The molecule has 0 fully saturated rings. The van der Waals surface area contributed by atoms with Crippen LogP contribution < -0.4 is 5.32 Å². The SMILES string of the molecule is COCCn1cnnc1[C@H](C)Nc1cc(-c2ccccc2)nc2ccnn12. The molecule has 1 N–H and O–H groups in total. The molecule has 4 aromatic rings. The lowest BCUT2D eigenvalue weighted by Gasteiger charge is -2.17. The van der Waals surface area contributed by atoms with Gasteiger partial charge in [-0.15, -0.1) is 10.2 Å². The summed E-state index contributed by atoms with van der Waals surface area (Å²) in [7, 11) is 1.68. The van der Waals surface area contributed by atoms with E-state index in [4.69, 9.17) is 9.72 Å². The average molecular weight is 363 g/mol. The maximum absolute atomic E-state index is 5.16. The van der Waals surface area contributed by atoms with Crippen molar-refractivity contribution in [2.75, 3.05) is 19.0 Å². The first kappa shape index (κ1) is 17.2. The molecule has 0 saturated carbocycles. The van der Waals surface area contributed by atoms with Crippen molar-refractivity contribution in [3.63, 3.8) is 0 Å². The summed E-state index contributed by atoms with van der Waals surface area (Å²) in [4.78, 5) is 4.70. The summed E-state index contributed by atoms with van der Waals surface area (Å²) in [5.41, 5.74) is 2.73. The van der Waals surface area contributed by atoms with Crippen LogP contribution in [0.2, 0.25) is 0 Å². The lowest BCUT2D eigenvalue weighted by atomic mass is 10.1. The molecule has 27 heavy (non-hydrogen) atoms. The molecule has 0 saturated heterocycles. The highest BCUT2D eigenvalue weighted by Crippen LogP contribution is 2.24. The lowest BCUT2D eigenvalue weighted by molar-refractivity contribution is 0.186. The molecule has 138 valence electrons. The Bertz CT molecular complexity index is 1020. The van der Waals surface area contributed by atoms with Gasteiger partial charge in [0.25, 0.3) is 0 Å². The fourth-order valence-electron chi connectivity index (χ4n) is 3.02. The fraction of sp³-hybridized carbons (Fsp3) is 0.263. The Morgan fingerprint density at radius 1 is 1.19 bits per heavy atom. The zero-order chi connectivity index (χ0) is 18.6. The summed E-state index contributed by atoms with van der Waals surface area (Å²) in [5, 5.41) is 16.2. The number of fused-ring (bicyclic) bond motifs is 1. The molecule has 0 bridgehead atoms. The standard InChI is InChI=1S/C19H21N7O/c1-14(19-24-20-13-25(19)10-11-27-2)22-18-12-16(15-6-4-3-5-7-15)23-17-8-9-21-26(17)18/h3-9,12-14,22H,10-11H2,1-2H3/t14-/m0/s1. The number of ether oxygens (including phenoxy) is 1. The van der Waals surface area contributed by atoms with Crippen LogP contribution in [0.15, 0.2) is 55.0 Å². The average Bonchev–Trinajstić information content (AvgIpc) is 3.36. The molecule has 1 aromatic carbocycles. The van der Waals surface area contributed by atoms with Crippen LogP contribution >= 0.6 is 0 Å². The molecule has 8 heteroatoms. The molecule has 8 nitrogen and oxygen atoms in total. The van der Waals surface area contributed by atoms with Crippen LogP contribution in [0.1, 0.15) is 18.8 Å². The van der Waals surface area contributed by atoms with Gasteiger partial charge in [0.1, 0.15) is 12.1 Å². The van der Waals surface area contributed by atoms with E-state index in [1.165, 1.54) is 0 Å². The van der Waals surface area contributed by atoms with Gasteiger partial charge in [0.2, 0.25) is 0 Å². The van der Waals surface area contributed by atoms with Crippen molar-refractivity contribution in [2.24, 2.45) is 0 Å². The van der Waals surface area contributed by atoms with E-state index in [0.717, 1.165) is 28.5 Å². The van der Waals surface area contributed by atoms with Gasteiger partial charge in [-0.3, -0.25) is 0 Å². The van der Waals surface area contributed by atoms with E-state index in [1.54, 1.807) is 24.1 Å². The monoisotopic (exact) mass is 363 g/mol. The van der Waals surface area contributed by atoms with Crippen LogP contribution in [0.4, 0.5) is 5.82 Å². The number of benzene rings is 1. The molecule has 4 rings (SSSR count). The van der Waals surface area contributed by atoms with Gasteiger partial charge in [-0.25, -0.2) is 4.98 Å². The van der Waals surface area contributed by atoms with Gasteiger partial charge in [-0.1, -0.05) is 30.3 Å². The number of nitrogens with zero attached hydrogens (tertiary/aromatic N) is 6. The van der Waals surface area contributed by atoms with Crippen molar-refractivity contribution in [3.8, 4) is 11.3 Å². The van der Waals surface area contributed by atoms with Gasteiger partial charge in [-0.2, -0.15) is 9.61 Å². The quantitative estimate of drug-likeness (QED) is 0.544. The Morgan fingerprint density at radius 2 is 2.04 bits per heavy atom. The van der Waals surface area contributed by atoms with Gasteiger partial charge in [0, 0.05) is 31.4 Å². The third-order valence-electron chi connectivity index (χ3n) is 4.36. The van der Waals surface area contributed by atoms with E-state index in [2.05, 4.69) is 20.6 Å². The summed E-state index contributed by atoms with van der Waals surface area (Å²) >= 11 is 0. The highest BCUT2D eigenvalue weighted by atomic mass is 16.5. The van der Waals surface area contributed by atoms with Gasteiger partial charge >= 0.3 is 0 Å². The largest absolute Gasteiger partial charge is 0.383 e. The normalized spacial score (nSPS) is 12.4. The van der Waals surface area contributed by atoms with E-state index in [0.29, 0.717) is 13.2 Å². The predicted octanol–water partition coefficient (Wildman–Crippen LogP) is 2.81. The van der Waals surface area contributed by atoms with Gasteiger partial charge < -0.3 is 14.6 Å². The molecular formula is C19H21N7O. The summed E-state index contributed by atoms with van der Waals surface area (Å²) in [6.45, 7) is 3.35. The van der Waals surface area contributed by atoms with Gasteiger partial charge in [0.05, 0.1) is 24.5 Å². The molecule has 0 amide bonds. The Hall–Kier alpha value is -3.26. The molecule has 3 heterocycles. The lowest BCUT2D eigenvalue weighted by Crippen LogP contribution is -2.17. The highest BCUT2D eigenvalue weighted by Gasteiger charge is 2.16. The first-order valence-electron chi connectivity index (χ1n) is 8.79. The fourth-order valence-corrected chi connectivity index (χ4v) is 3.02. The van der Waals surface area contributed by atoms with Crippen LogP contribution in [-0.4, -0.2) is 43.1 Å². The molecule has 0 aliphatic heterocycles. The maximum Gasteiger partial charge on any atom is 0.157 e. The molecule has 3 aromatic heterocycles. The molecular weight excluding hydrogens is 342 g/mol. The van der Waals surface area contributed by atoms with Crippen molar-refractivity contribution in [1.29, 1.82) is 0 Å². The number of rotatable bonds is 7. The van der Waals surface area contributed by atoms with Gasteiger partial charge in [-0.05, 0) is 6.92 Å². The summed E-state index contributed by atoms with van der Waals surface area (Å²) in [6.07, 6.45) is 3.46. The number of aromatic nitrogens is 6. The minimum atomic E-state index is -0.0669. The van der Waals surface area contributed by atoms with Crippen LogP contribution in [0, 0.1) is 0 Å². The molecule has 0 unspecified atom stereocenters. The van der Waals surface area contributed by atoms with Crippen molar-refractivity contribution in [1.82, 2.24) is 29.4 Å². The highest BCUT2D eigenvalue weighted by molar-refractivity contribution is 5.66. The number of hydrogen-bond donors (Lipinski definition) is 1. The smallest absolute Gasteiger partial charge is 0.157 e. The van der Waals surface area contributed by atoms with Gasteiger partial charge in [0.15, 0.2) is 11.5 Å². The number of methoxy groups -OCH3 is 1. The Labute approximate surface area is 156 Å². The van der Waals surface area contributed by atoms with Crippen molar-refractivity contribution in [2.45, 2.75) is 19.5 Å². The molecule has 1 atom stereocenters. The number of anilines is 1. The van der Waals surface area contributed by atoms with Crippen molar-refractivity contribution < 1.29 is 4.74 Å². The molecule has 0 radical (unpaired) electrons. The minimum absolute atomic E-state index is 0.0669. The molecule has 0 spiro atoms. The second kappa shape index (κ2) is 7.55. The molecule has 0 aliphatic rings. The Kier molecular flexibility index (Phi) is 4.80. The number of nitrogens with one attached hydrogen (secondary N) is 1. The third-order valence-corrected chi connectivity index (χ3v) is 4.36. The van der Waals surface area contributed by atoms with Crippen molar-refractivity contribution >= 4 is 11.5 Å². The summed E-state index contributed by atoms with van der Waals surface area (Å²) in [6, 6.07) is 13.9. The van der Waals surface area contributed by atoms with Crippen LogP contribution in [0.5, 0.6) is 0 Å². The number of hydrogen-bond acceptors (Lipinski definition) is 6. The Morgan fingerprint density at radius 3 is 2.85 bits per heavy atom. The first-order valence-corrected chi connectivity index (χ1v) is 8.79. The zero-order valence-electron chi connectivity index (χ0n) is 15.3. The van der Waals surface area contributed by atoms with E-state index < -0.39 is 0 Å². The first-order chi connectivity index (χ1) is 13.3. The van der Waals surface area contributed by atoms with E-state index in [1.807, 2.05) is 54.0 Å². The Balaban J connectivity index is 1.67. The topological polar surface area (TPSA) is 82.2 Å². The van der Waals surface area contributed by atoms with Crippen LogP contribution in [0.3, 0.4) is 0 Å². The van der Waals surface area contributed by atoms with E-state index in [9.17, 15) is 0 Å². The van der Waals surface area contributed by atoms with Crippen LogP contribution in [-0.2, 0) is 11.3 Å². The van der Waals surface area contributed by atoms with E-state index >= 15 is 0 Å². The summed E-state index contributed by atoms with van der Waals surface area (Å²) in [5.74, 6) is 1.68.